The summed E-state index contributed by atoms with van der Waals surface area (Å²) in [4.78, 5) is 44.3. The summed E-state index contributed by atoms with van der Waals surface area (Å²) >= 11 is 0. The van der Waals surface area contributed by atoms with E-state index in [0.717, 1.165) is 19.3 Å². The molecule has 3 atom stereocenters. The normalized spacial score (nSPS) is 19.3. The van der Waals surface area contributed by atoms with Gasteiger partial charge < -0.3 is 34.1 Å². The molecular formula is C34H54FN3O7. The number of nitrogens with zero attached hydrogens (tertiary/aromatic N) is 2. The van der Waals surface area contributed by atoms with Crippen molar-refractivity contribution in [3.8, 4) is 5.75 Å². The number of carbonyl (C=O) groups excluding carboxylic acids is 3. The zero-order chi connectivity index (χ0) is 33.3. The first kappa shape index (κ1) is 36.5. The summed E-state index contributed by atoms with van der Waals surface area (Å²) in [5, 5.41) is 3.11. The number of rotatable bonds is 15. The van der Waals surface area contributed by atoms with Crippen LogP contribution in [0.15, 0.2) is 12.1 Å². The standard InChI is InChI=1S/C34H54FN3O7/c1-9-43-21-26(15-22(2)3)36-31(39)24-17-25(20-37(19-24)33(41)45-34(5,6)7)32(40)38(27-11-12-27)29-18-30(23(4)16-28(29)35)44-14-10-13-42-8/h16,18,22,24-27H,9-15,17,19-21H2,1-8H3,(H,36,39)/t24-,25+,26+/m0/s1. The Kier molecular flexibility index (Phi) is 13.5. The lowest BCUT2D eigenvalue weighted by molar-refractivity contribution is -0.131. The van der Waals surface area contributed by atoms with E-state index >= 15 is 4.39 Å². The van der Waals surface area contributed by atoms with Crippen molar-refractivity contribution < 1.29 is 37.7 Å². The molecule has 1 aromatic rings. The Morgan fingerprint density at radius 2 is 1.80 bits per heavy atom. The van der Waals surface area contributed by atoms with Gasteiger partial charge in [-0.2, -0.15) is 0 Å². The highest BCUT2D eigenvalue weighted by Gasteiger charge is 2.44. The lowest BCUT2D eigenvalue weighted by Crippen LogP contribution is -2.55. The monoisotopic (exact) mass is 635 g/mol. The summed E-state index contributed by atoms with van der Waals surface area (Å²) in [5.74, 6) is -1.62. The number of piperidine rings is 1. The maximum absolute atomic E-state index is 15.6. The minimum absolute atomic E-state index is 0.0724. The molecule has 1 heterocycles. The number of carbonyl (C=O) groups is 3. The Labute approximate surface area is 268 Å². The van der Waals surface area contributed by atoms with Crippen molar-refractivity contribution in [1.29, 1.82) is 0 Å². The average Bonchev–Trinajstić information content (AvgIpc) is 3.79. The predicted octanol–water partition coefficient (Wildman–Crippen LogP) is 5.49. The van der Waals surface area contributed by atoms with E-state index in [4.69, 9.17) is 18.9 Å². The highest BCUT2D eigenvalue weighted by Crippen LogP contribution is 2.39. The molecule has 254 valence electrons. The number of halogens is 1. The minimum Gasteiger partial charge on any atom is -0.493 e. The van der Waals surface area contributed by atoms with Gasteiger partial charge in [-0.3, -0.25) is 9.59 Å². The molecule has 0 aromatic heterocycles. The molecule has 1 saturated carbocycles. The molecule has 3 amide bonds. The molecule has 0 unspecified atom stereocenters. The molecule has 1 saturated heterocycles. The molecule has 2 aliphatic rings. The maximum Gasteiger partial charge on any atom is 0.410 e. The lowest BCUT2D eigenvalue weighted by atomic mass is 9.87. The average molecular weight is 636 g/mol. The van der Waals surface area contributed by atoms with Gasteiger partial charge in [-0.15, -0.1) is 0 Å². The second kappa shape index (κ2) is 16.6. The minimum atomic E-state index is -0.754. The van der Waals surface area contributed by atoms with Gasteiger partial charge in [0.25, 0.3) is 0 Å². The second-order valence-corrected chi connectivity index (χ2v) is 13.7. The molecule has 3 rings (SSSR count). The number of methoxy groups -OCH3 is 1. The fraction of sp³-hybridized carbons (Fsp3) is 0.735. The number of ether oxygens (including phenoxy) is 4. The van der Waals surface area contributed by atoms with Gasteiger partial charge >= 0.3 is 6.09 Å². The Hall–Kier alpha value is -2.92. The smallest absolute Gasteiger partial charge is 0.410 e. The van der Waals surface area contributed by atoms with Crippen molar-refractivity contribution >= 4 is 23.6 Å². The Morgan fingerprint density at radius 1 is 1.11 bits per heavy atom. The zero-order valence-corrected chi connectivity index (χ0v) is 28.4. The number of amides is 3. The third-order valence-corrected chi connectivity index (χ3v) is 7.85. The number of aryl methyl sites for hydroxylation is 1. The maximum atomic E-state index is 15.6. The molecule has 10 nitrogen and oxygen atoms in total. The summed E-state index contributed by atoms with van der Waals surface area (Å²) < 4.78 is 37.9. The SMILES string of the molecule is CCOC[C@@H](CC(C)C)NC(=O)[C@H]1C[C@@H](C(=O)N(c2cc(OCCCOC)c(C)cc2F)C2CC2)CN(C(=O)OC(C)(C)C)C1. The van der Waals surface area contributed by atoms with Crippen LogP contribution >= 0.6 is 0 Å². The van der Waals surface area contributed by atoms with Crippen molar-refractivity contribution in [3.05, 3.63) is 23.5 Å². The fourth-order valence-electron chi connectivity index (χ4n) is 5.65. The summed E-state index contributed by atoms with van der Waals surface area (Å²) in [5.41, 5.74) is 0.0282. The molecule has 1 N–H and O–H groups in total. The van der Waals surface area contributed by atoms with Crippen LogP contribution in [0.1, 0.15) is 79.2 Å². The second-order valence-electron chi connectivity index (χ2n) is 13.7. The van der Waals surface area contributed by atoms with Crippen LogP contribution < -0.4 is 15.0 Å². The first-order valence-corrected chi connectivity index (χ1v) is 16.3. The summed E-state index contributed by atoms with van der Waals surface area (Å²) in [7, 11) is 1.62. The van der Waals surface area contributed by atoms with E-state index in [-0.39, 0.29) is 49.1 Å². The van der Waals surface area contributed by atoms with Crippen LogP contribution in [-0.2, 0) is 23.8 Å². The van der Waals surface area contributed by atoms with Crippen molar-refractivity contribution in [2.75, 3.05) is 51.5 Å². The third-order valence-electron chi connectivity index (χ3n) is 7.85. The van der Waals surface area contributed by atoms with E-state index < -0.39 is 29.3 Å². The van der Waals surface area contributed by atoms with Crippen molar-refractivity contribution in [2.45, 2.75) is 98.3 Å². The molecule has 1 aliphatic heterocycles. The first-order valence-electron chi connectivity index (χ1n) is 16.3. The number of benzene rings is 1. The number of likely N-dealkylation sites (tertiary alicyclic amines) is 1. The molecule has 45 heavy (non-hydrogen) atoms. The number of anilines is 1. The molecule has 11 heteroatoms. The van der Waals surface area contributed by atoms with E-state index in [1.54, 1.807) is 40.9 Å². The van der Waals surface area contributed by atoms with E-state index in [2.05, 4.69) is 19.2 Å². The van der Waals surface area contributed by atoms with Gasteiger partial charge in [0.05, 0.1) is 36.8 Å². The van der Waals surface area contributed by atoms with Crippen LogP contribution in [0.2, 0.25) is 0 Å². The number of nitrogens with one attached hydrogen (secondary N) is 1. The van der Waals surface area contributed by atoms with Crippen LogP contribution in [0.5, 0.6) is 5.75 Å². The summed E-state index contributed by atoms with van der Waals surface area (Å²) in [6, 6.07) is 2.62. The van der Waals surface area contributed by atoms with Gasteiger partial charge in [0.15, 0.2) is 0 Å². The zero-order valence-electron chi connectivity index (χ0n) is 28.4. The van der Waals surface area contributed by atoms with E-state index in [1.807, 2.05) is 6.92 Å². The van der Waals surface area contributed by atoms with Crippen LogP contribution in [-0.4, -0.2) is 87.1 Å². The van der Waals surface area contributed by atoms with Gasteiger partial charge in [-0.25, -0.2) is 9.18 Å². The predicted molar refractivity (Wildman–Crippen MR) is 171 cm³/mol. The molecule has 0 radical (unpaired) electrons. The van der Waals surface area contributed by atoms with Gasteiger partial charge in [-0.1, -0.05) is 13.8 Å². The van der Waals surface area contributed by atoms with Crippen molar-refractivity contribution in [1.82, 2.24) is 10.2 Å². The Bertz CT molecular complexity index is 1150. The van der Waals surface area contributed by atoms with Gasteiger partial charge in [0.2, 0.25) is 11.8 Å². The van der Waals surface area contributed by atoms with Gasteiger partial charge in [0, 0.05) is 51.9 Å². The highest BCUT2D eigenvalue weighted by atomic mass is 19.1. The third kappa shape index (κ3) is 11.1. The highest BCUT2D eigenvalue weighted by molar-refractivity contribution is 5.97. The first-order chi connectivity index (χ1) is 21.2. The summed E-state index contributed by atoms with van der Waals surface area (Å²) in [6.45, 7) is 15.2. The molecule has 0 spiro atoms. The number of hydrogen-bond donors (Lipinski definition) is 1. The molecular weight excluding hydrogens is 581 g/mol. The quantitative estimate of drug-likeness (QED) is 0.254. The van der Waals surface area contributed by atoms with Crippen LogP contribution in [0.3, 0.4) is 0 Å². The van der Waals surface area contributed by atoms with Crippen molar-refractivity contribution in [3.63, 3.8) is 0 Å². The molecule has 2 fully saturated rings. The Morgan fingerprint density at radius 3 is 2.40 bits per heavy atom. The largest absolute Gasteiger partial charge is 0.493 e. The molecule has 0 bridgehead atoms. The van der Waals surface area contributed by atoms with Gasteiger partial charge in [-0.05, 0) is 77.8 Å². The lowest BCUT2D eigenvalue weighted by Gasteiger charge is -2.39. The fourth-order valence-corrected chi connectivity index (χ4v) is 5.65. The topological polar surface area (TPSA) is 107 Å². The Balaban J connectivity index is 1.89. The van der Waals surface area contributed by atoms with E-state index in [0.29, 0.717) is 50.1 Å². The van der Waals surface area contributed by atoms with Crippen LogP contribution in [0, 0.1) is 30.5 Å². The molecule has 1 aromatic carbocycles. The van der Waals surface area contributed by atoms with E-state index in [1.165, 1.54) is 15.9 Å². The van der Waals surface area contributed by atoms with E-state index in [9.17, 15) is 14.4 Å². The molecule has 1 aliphatic carbocycles. The summed E-state index contributed by atoms with van der Waals surface area (Å²) in [6.07, 6.45) is 2.52. The van der Waals surface area contributed by atoms with Crippen molar-refractivity contribution in [2.24, 2.45) is 17.8 Å². The number of hydrogen-bond acceptors (Lipinski definition) is 7. The van der Waals surface area contributed by atoms with Crippen LogP contribution in [0.4, 0.5) is 14.9 Å². The van der Waals surface area contributed by atoms with Gasteiger partial charge in [0.1, 0.15) is 17.2 Å². The van der Waals surface area contributed by atoms with Crippen LogP contribution in [0.25, 0.3) is 0 Å².